The van der Waals surface area contributed by atoms with Crippen LogP contribution in [0.3, 0.4) is 0 Å². The summed E-state index contributed by atoms with van der Waals surface area (Å²) >= 11 is 9.16. The lowest BCUT2D eigenvalue weighted by Crippen LogP contribution is -1.94. The zero-order valence-corrected chi connectivity index (χ0v) is 8.60. The highest BCUT2D eigenvalue weighted by atomic mass is 79.9. The second-order valence-electron chi connectivity index (χ2n) is 2.76. The van der Waals surface area contributed by atoms with Crippen molar-refractivity contribution >= 4 is 27.5 Å². The molecule has 1 aromatic heterocycles. The number of ether oxygens (including phenoxy) is 1. The molecule has 0 radical (unpaired) electrons. The summed E-state index contributed by atoms with van der Waals surface area (Å²) < 4.78 is 6.13. The van der Waals surface area contributed by atoms with Crippen molar-refractivity contribution in [1.29, 1.82) is 0 Å². The van der Waals surface area contributed by atoms with Crippen LogP contribution in [0.15, 0.2) is 16.7 Å². The van der Waals surface area contributed by atoms with E-state index in [0.717, 1.165) is 23.1 Å². The molecule has 64 valence electrons. The topological polar surface area (TPSA) is 25.4 Å². The molecule has 0 amide bonds. The molecule has 4 heteroatoms. The second-order valence-corrected chi connectivity index (χ2v) is 4.00. The van der Waals surface area contributed by atoms with E-state index in [1.807, 2.05) is 6.07 Å². The van der Waals surface area contributed by atoms with Gasteiger partial charge in [-0.2, -0.15) is 0 Å². The summed E-state index contributed by atoms with van der Waals surface area (Å²) in [5, 5.41) is 0.536. The Labute approximate surface area is 84.0 Å². The van der Waals surface area contributed by atoms with Gasteiger partial charge in [0.25, 0.3) is 0 Å². The number of epoxide rings is 1. The van der Waals surface area contributed by atoms with Gasteiger partial charge >= 0.3 is 0 Å². The quantitative estimate of drug-likeness (QED) is 0.593. The van der Waals surface area contributed by atoms with Gasteiger partial charge in [0.1, 0.15) is 5.15 Å². The fourth-order valence-electron chi connectivity index (χ4n) is 1.04. The molecule has 1 fully saturated rings. The fraction of sp³-hybridized carbons (Fsp3) is 0.375. The van der Waals surface area contributed by atoms with Crippen molar-refractivity contribution in [2.24, 2.45) is 0 Å². The fourth-order valence-corrected chi connectivity index (χ4v) is 1.60. The van der Waals surface area contributed by atoms with Crippen molar-refractivity contribution in [3.63, 3.8) is 0 Å². The molecular weight excluding hydrogens is 241 g/mol. The standard InChI is InChI=1S/C8H7BrClNO/c9-7-3-11-8(10)2-5(7)1-6-4-12-6/h2-3,6H,1,4H2. The number of hydrogen-bond donors (Lipinski definition) is 0. The summed E-state index contributed by atoms with van der Waals surface area (Å²) in [7, 11) is 0. The number of hydrogen-bond acceptors (Lipinski definition) is 2. The average molecular weight is 249 g/mol. The Hall–Kier alpha value is -0.120. The molecule has 0 spiro atoms. The van der Waals surface area contributed by atoms with Crippen LogP contribution in [0.25, 0.3) is 0 Å². The first-order valence-electron chi connectivity index (χ1n) is 3.67. The zero-order chi connectivity index (χ0) is 8.55. The van der Waals surface area contributed by atoms with E-state index < -0.39 is 0 Å². The van der Waals surface area contributed by atoms with Crippen molar-refractivity contribution in [3.05, 3.63) is 27.5 Å². The molecule has 2 heterocycles. The first-order chi connectivity index (χ1) is 5.75. The van der Waals surface area contributed by atoms with E-state index in [9.17, 15) is 0 Å². The molecule has 0 aliphatic carbocycles. The Kier molecular flexibility index (Phi) is 2.35. The van der Waals surface area contributed by atoms with E-state index in [1.165, 1.54) is 0 Å². The van der Waals surface area contributed by atoms with Crippen molar-refractivity contribution in [2.75, 3.05) is 6.61 Å². The minimum atomic E-state index is 0.389. The van der Waals surface area contributed by atoms with Crippen molar-refractivity contribution in [2.45, 2.75) is 12.5 Å². The first kappa shape index (κ1) is 8.48. The van der Waals surface area contributed by atoms with Crippen molar-refractivity contribution in [3.8, 4) is 0 Å². The Morgan fingerprint density at radius 1 is 1.75 bits per heavy atom. The highest BCUT2D eigenvalue weighted by Gasteiger charge is 2.23. The lowest BCUT2D eigenvalue weighted by Gasteiger charge is -2.01. The number of nitrogens with zero attached hydrogens (tertiary/aromatic N) is 1. The molecule has 0 bridgehead atoms. The van der Waals surface area contributed by atoms with Crippen LogP contribution in [0.1, 0.15) is 5.56 Å². The molecule has 1 aliphatic rings. The minimum absolute atomic E-state index is 0.389. The Morgan fingerprint density at radius 3 is 3.17 bits per heavy atom. The van der Waals surface area contributed by atoms with Crippen molar-refractivity contribution in [1.82, 2.24) is 4.98 Å². The third-order valence-corrected chi connectivity index (χ3v) is 2.67. The number of aromatic nitrogens is 1. The molecule has 0 aromatic carbocycles. The van der Waals surface area contributed by atoms with Crippen LogP contribution >= 0.6 is 27.5 Å². The SMILES string of the molecule is Clc1cc(CC2CO2)c(Br)cn1. The summed E-state index contributed by atoms with van der Waals surface area (Å²) in [5.74, 6) is 0. The first-order valence-corrected chi connectivity index (χ1v) is 4.84. The van der Waals surface area contributed by atoms with E-state index in [4.69, 9.17) is 16.3 Å². The third kappa shape index (κ3) is 1.97. The zero-order valence-electron chi connectivity index (χ0n) is 6.26. The van der Waals surface area contributed by atoms with Crippen LogP contribution in [-0.4, -0.2) is 17.7 Å². The summed E-state index contributed by atoms with van der Waals surface area (Å²) in [6.45, 7) is 0.867. The molecule has 2 rings (SSSR count). The van der Waals surface area contributed by atoms with E-state index >= 15 is 0 Å². The Balaban J connectivity index is 2.21. The lowest BCUT2D eigenvalue weighted by atomic mass is 10.1. The second kappa shape index (κ2) is 3.32. The maximum Gasteiger partial charge on any atom is 0.129 e. The molecule has 0 N–H and O–H groups in total. The smallest absolute Gasteiger partial charge is 0.129 e. The highest BCUT2D eigenvalue weighted by Crippen LogP contribution is 2.24. The van der Waals surface area contributed by atoms with Crippen LogP contribution in [0.5, 0.6) is 0 Å². The number of rotatable bonds is 2. The van der Waals surface area contributed by atoms with Crippen LogP contribution in [0.2, 0.25) is 5.15 Å². The molecule has 12 heavy (non-hydrogen) atoms. The molecule has 1 atom stereocenters. The number of pyridine rings is 1. The van der Waals surface area contributed by atoms with Gasteiger partial charge in [-0.05, 0) is 27.6 Å². The van der Waals surface area contributed by atoms with Crippen LogP contribution in [0, 0.1) is 0 Å². The average Bonchev–Trinajstić information content (AvgIpc) is 2.81. The summed E-state index contributed by atoms with van der Waals surface area (Å²) in [5.41, 5.74) is 1.16. The molecule has 1 aliphatic heterocycles. The molecule has 1 aromatic rings. The Morgan fingerprint density at radius 2 is 2.50 bits per heavy atom. The van der Waals surface area contributed by atoms with E-state index in [-0.39, 0.29) is 0 Å². The molecule has 2 nitrogen and oxygen atoms in total. The summed E-state index contributed by atoms with van der Waals surface area (Å²) in [6, 6.07) is 1.87. The van der Waals surface area contributed by atoms with Gasteiger partial charge in [0.2, 0.25) is 0 Å². The van der Waals surface area contributed by atoms with Crippen LogP contribution < -0.4 is 0 Å². The van der Waals surface area contributed by atoms with Gasteiger partial charge < -0.3 is 4.74 Å². The van der Waals surface area contributed by atoms with Crippen molar-refractivity contribution < 1.29 is 4.74 Å². The number of halogens is 2. The van der Waals surface area contributed by atoms with Gasteiger partial charge in [-0.1, -0.05) is 11.6 Å². The predicted molar refractivity (Wildman–Crippen MR) is 50.4 cm³/mol. The van der Waals surface area contributed by atoms with Gasteiger partial charge in [0, 0.05) is 17.1 Å². The lowest BCUT2D eigenvalue weighted by molar-refractivity contribution is 0.407. The maximum absolute atomic E-state index is 5.75. The van der Waals surface area contributed by atoms with Gasteiger partial charge in [0.15, 0.2) is 0 Å². The third-order valence-electron chi connectivity index (χ3n) is 1.75. The molecule has 1 saturated heterocycles. The normalized spacial score (nSPS) is 21.0. The minimum Gasteiger partial charge on any atom is -0.373 e. The van der Waals surface area contributed by atoms with Crippen LogP contribution in [-0.2, 0) is 11.2 Å². The van der Waals surface area contributed by atoms with Crippen LogP contribution in [0.4, 0.5) is 0 Å². The van der Waals surface area contributed by atoms with E-state index in [1.54, 1.807) is 6.20 Å². The summed E-state index contributed by atoms with van der Waals surface area (Å²) in [4.78, 5) is 3.94. The Bertz CT molecular complexity index is 301. The maximum atomic E-state index is 5.75. The summed E-state index contributed by atoms with van der Waals surface area (Å²) in [6.07, 6.45) is 3.03. The monoisotopic (exact) mass is 247 g/mol. The molecule has 0 saturated carbocycles. The van der Waals surface area contributed by atoms with Gasteiger partial charge in [0.05, 0.1) is 12.7 Å². The van der Waals surface area contributed by atoms with E-state index in [0.29, 0.717) is 11.3 Å². The molecule has 1 unspecified atom stereocenters. The van der Waals surface area contributed by atoms with Gasteiger partial charge in [-0.25, -0.2) is 4.98 Å². The predicted octanol–water partition coefficient (Wildman–Crippen LogP) is 2.44. The van der Waals surface area contributed by atoms with Gasteiger partial charge in [-0.15, -0.1) is 0 Å². The van der Waals surface area contributed by atoms with Gasteiger partial charge in [-0.3, -0.25) is 0 Å². The largest absolute Gasteiger partial charge is 0.373 e. The highest BCUT2D eigenvalue weighted by molar-refractivity contribution is 9.10. The molecular formula is C8H7BrClNO. The van der Waals surface area contributed by atoms with E-state index in [2.05, 4.69) is 20.9 Å².